The van der Waals surface area contributed by atoms with Gasteiger partial charge in [0.2, 0.25) is 0 Å². The van der Waals surface area contributed by atoms with Gasteiger partial charge in [-0.2, -0.15) is 0 Å². The van der Waals surface area contributed by atoms with Gasteiger partial charge in [-0.15, -0.1) is 0 Å². The topological polar surface area (TPSA) is 75.4 Å². The first-order valence-corrected chi connectivity index (χ1v) is 6.56. The highest BCUT2D eigenvalue weighted by atomic mass is 16.2. The zero-order chi connectivity index (χ0) is 13.5. The molecule has 0 radical (unpaired) electrons. The molecular weight excluding hydrogens is 242 g/mol. The van der Waals surface area contributed by atoms with Crippen molar-refractivity contribution in [2.45, 2.75) is 24.8 Å². The van der Waals surface area contributed by atoms with Crippen molar-refractivity contribution in [3.63, 3.8) is 0 Å². The maximum absolute atomic E-state index is 11.9. The Bertz CT molecular complexity index is 537. The van der Waals surface area contributed by atoms with Crippen LogP contribution in [0.2, 0.25) is 0 Å². The normalized spacial score (nSPS) is 21.2. The summed E-state index contributed by atoms with van der Waals surface area (Å²) in [6.45, 7) is 1.01. The number of hydrogen-bond donors (Lipinski definition) is 2. The van der Waals surface area contributed by atoms with Gasteiger partial charge in [0.1, 0.15) is 0 Å². The third kappa shape index (κ3) is 2.33. The summed E-state index contributed by atoms with van der Waals surface area (Å²) in [5.74, 6) is -1.02. The van der Waals surface area contributed by atoms with Crippen LogP contribution in [-0.4, -0.2) is 30.4 Å². The van der Waals surface area contributed by atoms with Crippen molar-refractivity contribution in [3.05, 3.63) is 29.8 Å². The molecule has 1 saturated heterocycles. The summed E-state index contributed by atoms with van der Waals surface area (Å²) in [4.78, 5) is 25.0. The van der Waals surface area contributed by atoms with Crippen molar-refractivity contribution in [2.24, 2.45) is 5.73 Å². The SMILES string of the molecule is NC1(Cc2ccccc2N2CCNC(=O)C2=O)CC1. The number of nitrogens with one attached hydrogen (secondary N) is 1. The second-order valence-electron chi connectivity index (χ2n) is 5.38. The first-order chi connectivity index (χ1) is 9.09. The highest BCUT2D eigenvalue weighted by Gasteiger charge is 2.39. The predicted molar refractivity (Wildman–Crippen MR) is 71.7 cm³/mol. The Kier molecular flexibility index (Phi) is 2.78. The molecule has 19 heavy (non-hydrogen) atoms. The van der Waals surface area contributed by atoms with Crippen LogP contribution in [0, 0.1) is 0 Å². The highest BCUT2D eigenvalue weighted by molar-refractivity contribution is 6.41. The molecule has 2 amide bonds. The molecule has 2 fully saturated rings. The molecule has 3 rings (SSSR count). The summed E-state index contributed by atoms with van der Waals surface area (Å²) in [6, 6.07) is 7.70. The van der Waals surface area contributed by atoms with Crippen molar-refractivity contribution in [1.29, 1.82) is 0 Å². The molecule has 1 aromatic carbocycles. The second-order valence-corrected chi connectivity index (χ2v) is 5.38. The van der Waals surface area contributed by atoms with Crippen LogP contribution >= 0.6 is 0 Å². The number of benzene rings is 1. The maximum Gasteiger partial charge on any atom is 0.316 e. The number of nitrogens with two attached hydrogens (primary N) is 1. The summed E-state index contributed by atoms with van der Waals surface area (Å²) in [7, 11) is 0. The van der Waals surface area contributed by atoms with Crippen molar-refractivity contribution in [2.75, 3.05) is 18.0 Å². The Balaban J connectivity index is 1.91. The number of para-hydroxylation sites is 1. The van der Waals surface area contributed by atoms with Gasteiger partial charge in [-0.1, -0.05) is 18.2 Å². The summed E-state index contributed by atoms with van der Waals surface area (Å²) in [5.41, 5.74) is 7.91. The van der Waals surface area contributed by atoms with Crippen molar-refractivity contribution in [1.82, 2.24) is 5.32 Å². The zero-order valence-electron chi connectivity index (χ0n) is 10.7. The molecule has 5 heteroatoms. The molecule has 0 aromatic heterocycles. The third-order valence-electron chi connectivity index (χ3n) is 3.78. The minimum atomic E-state index is -0.532. The van der Waals surface area contributed by atoms with E-state index >= 15 is 0 Å². The van der Waals surface area contributed by atoms with Crippen molar-refractivity contribution < 1.29 is 9.59 Å². The number of rotatable bonds is 3. The van der Waals surface area contributed by atoms with Gasteiger partial charge in [0.25, 0.3) is 0 Å². The minimum absolute atomic E-state index is 0.114. The highest BCUT2D eigenvalue weighted by Crippen LogP contribution is 2.37. The molecule has 0 unspecified atom stereocenters. The molecule has 2 aliphatic rings. The summed E-state index contributed by atoms with van der Waals surface area (Å²) in [6.07, 6.45) is 2.81. The molecule has 0 atom stereocenters. The van der Waals surface area contributed by atoms with Gasteiger partial charge < -0.3 is 16.0 Å². The van der Waals surface area contributed by atoms with Crippen LogP contribution in [0.3, 0.4) is 0 Å². The lowest BCUT2D eigenvalue weighted by atomic mass is 10.0. The fourth-order valence-corrected chi connectivity index (χ4v) is 2.45. The van der Waals surface area contributed by atoms with Crippen LogP contribution in [0.15, 0.2) is 24.3 Å². The van der Waals surface area contributed by atoms with Crippen molar-refractivity contribution in [3.8, 4) is 0 Å². The fourth-order valence-electron chi connectivity index (χ4n) is 2.45. The van der Waals surface area contributed by atoms with Crippen LogP contribution in [-0.2, 0) is 16.0 Å². The Morgan fingerprint density at radius 3 is 2.74 bits per heavy atom. The van der Waals surface area contributed by atoms with Gasteiger partial charge in [0, 0.05) is 24.3 Å². The van der Waals surface area contributed by atoms with E-state index < -0.39 is 11.8 Å². The maximum atomic E-state index is 11.9. The average molecular weight is 259 g/mol. The molecule has 0 bridgehead atoms. The van der Waals surface area contributed by atoms with Crippen LogP contribution < -0.4 is 16.0 Å². The lowest BCUT2D eigenvalue weighted by Crippen LogP contribution is -2.52. The van der Waals surface area contributed by atoms with Gasteiger partial charge in [-0.3, -0.25) is 9.59 Å². The Morgan fingerprint density at radius 1 is 1.26 bits per heavy atom. The van der Waals surface area contributed by atoms with Crippen LogP contribution in [0.1, 0.15) is 18.4 Å². The van der Waals surface area contributed by atoms with Gasteiger partial charge in [-0.05, 0) is 30.9 Å². The number of carbonyl (C=O) groups is 2. The summed E-state index contributed by atoms with van der Waals surface area (Å²) in [5, 5.41) is 2.56. The fraction of sp³-hybridized carbons (Fsp3) is 0.429. The molecule has 100 valence electrons. The van der Waals surface area contributed by atoms with E-state index in [-0.39, 0.29) is 5.54 Å². The van der Waals surface area contributed by atoms with E-state index in [1.807, 2.05) is 24.3 Å². The van der Waals surface area contributed by atoms with E-state index in [2.05, 4.69) is 5.32 Å². The number of hydrogen-bond acceptors (Lipinski definition) is 3. The van der Waals surface area contributed by atoms with E-state index in [1.54, 1.807) is 4.90 Å². The number of nitrogens with zero attached hydrogens (tertiary/aromatic N) is 1. The standard InChI is InChI=1S/C14H17N3O2/c15-14(5-6-14)9-10-3-1-2-4-11(10)17-8-7-16-12(18)13(17)19/h1-4H,5-9,15H2,(H,16,18). The average Bonchev–Trinajstić information content (AvgIpc) is 3.11. The monoisotopic (exact) mass is 259 g/mol. The summed E-state index contributed by atoms with van der Waals surface area (Å²) < 4.78 is 0. The van der Waals surface area contributed by atoms with Gasteiger partial charge in [0.05, 0.1) is 0 Å². The van der Waals surface area contributed by atoms with E-state index in [4.69, 9.17) is 5.73 Å². The number of amides is 2. The molecule has 1 aliphatic heterocycles. The summed E-state index contributed by atoms with van der Waals surface area (Å²) >= 11 is 0. The Labute approximate surface area is 111 Å². The zero-order valence-corrected chi connectivity index (χ0v) is 10.7. The largest absolute Gasteiger partial charge is 0.346 e. The first-order valence-electron chi connectivity index (χ1n) is 6.56. The number of piperazine rings is 1. The lowest BCUT2D eigenvalue weighted by molar-refractivity contribution is -0.138. The third-order valence-corrected chi connectivity index (χ3v) is 3.78. The van der Waals surface area contributed by atoms with Crippen LogP contribution in [0.5, 0.6) is 0 Å². The molecule has 1 aromatic rings. The van der Waals surface area contributed by atoms with Gasteiger partial charge >= 0.3 is 11.8 Å². The van der Waals surface area contributed by atoms with Gasteiger partial charge in [-0.25, -0.2) is 0 Å². The molecule has 3 N–H and O–H groups in total. The molecule has 1 aliphatic carbocycles. The van der Waals surface area contributed by atoms with Crippen LogP contribution in [0.4, 0.5) is 5.69 Å². The van der Waals surface area contributed by atoms with Crippen molar-refractivity contribution >= 4 is 17.5 Å². The number of carbonyl (C=O) groups excluding carboxylic acids is 2. The Hall–Kier alpha value is -1.88. The van der Waals surface area contributed by atoms with Crippen LogP contribution in [0.25, 0.3) is 0 Å². The van der Waals surface area contributed by atoms with Gasteiger partial charge in [0.15, 0.2) is 0 Å². The van der Waals surface area contributed by atoms with E-state index in [0.29, 0.717) is 13.1 Å². The molecule has 1 saturated carbocycles. The minimum Gasteiger partial charge on any atom is -0.346 e. The number of anilines is 1. The van der Waals surface area contributed by atoms with E-state index in [1.165, 1.54) is 0 Å². The molecule has 0 spiro atoms. The predicted octanol–water partition coefficient (Wildman–Crippen LogP) is 0.183. The van der Waals surface area contributed by atoms with E-state index in [0.717, 1.165) is 30.5 Å². The lowest BCUT2D eigenvalue weighted by Gasteiger charge is -2.28. The smallest absolute Gasteiger partial charge is 0.316 e. The Morgan fingerprint density at radius 2 is 2.00 bits per heavy atom. The first kappa shape index (κ1) is 12.2. The quantitative estimate of drug-likeness (QED) is 0.761. The molecule has 5 nitrogen and oxygen atoms in total. The van der Waals surface area contributed by atoms with E-state index in [9.17, 15) is 9.59 Å². The molecule has 1 heterocycles. The second kappa shape index (κ2) is 4.35. The molecular formula is C14H17N3O2.